The molecule has 0 spiro atoms. The van der Waals surface area contributed by atoms with Crippen LogP contribution in [-0.4, -0.2) is 64.3 Å². The summed E-state index contributed by atoms with van der Waals surface area (Å²) in [5.74, 6) is 0.617. The molecule has 3 rings (SSSR count). The Bertz CT molecular complexity index is 773. The van der Waals surface area contributed by atoms with E-state index in [1.54, 1.807) is 11.0 Å². The standard InChI is InChI=1S/C20H25N5O2/c1-16(2)25(13-17-6-4-3-5-7-17)20(27)18-12-19(22-14-21-18)24-10-8-23(15-26)9-11-24/h3-7,12,14-16H,8-11,13H2,1-2H3. The van der Waals surface area contributed by atoms with E-state index in [0.717, 1.165) is 17.8 Å². The average molecular weight is 367 g/mol. The number of hydrogen-bond donors (Lipinski definition) is 0. The smallest absolute Gasteiger partial charge is 0.273 e. The number of piperazine rings is 1. The second-order valence-corrected chi connectivity index (χ2v) is 6.90. The van der Waals surface area contributed by atoms with Crippen LogP contribution in [0.5, 0.6) is 0 Å². The summed E-state index contributed by atoms with van der Waals surface area (Å²) in [6, 6.07) is 11.7. The molecule has 1 saturated heterocycles. The third-order valence-electron chi connectivity index (χ3n) is 4.74. The number of carbonyl (C=O) groups excluding carboxylic acids is 2. The lowest BCUT2D eigenvalue weighted by molar-refractivity contribution is -0.118. The van der Waals surface area contributed by atoms with Crippen LogP contribution in [0, 0.1) is 0 Å². The van der Waals surface area contributed by atoms with Crippen molar-refractivity contribution in [2.75, 3.05) is 31.1 Å². The molecule has 7 heteroatoms. The first-order valence-electron chi connectivity index (χ1n) is 9.19. The van der Waals surface area contributed by atoms with E-state index in [9.17, 15) is 9.59 Å². The van der Waals surface area contributed by atoms with Gasteiger partial charge in [0.25, 0.3) is 5.91 Å². The van der Waals surface area contributed by atoms with E-state index in [4.69, 9.17) is 0 Å². The summed E-state index contributed by atoms with van der Waals surface area (Å²) in [6.07, 6.45) is 2.31. The second kappa shape index (κ2) is 8.62. The van der Waals surface area contributed by atoms with Crippen molar-refractivity contribution in [2.45, 2.75) is 26.4 Å². The topological polar surface area (TPSA) is 69.6 Å². The molecule has 1 aliphatic rings. The quantitative estimate of drug-likeness (QED) is 0.728. The molecule has 1 fully saturated rings. The summed E-state index contributed by atoms with van der Waals surface area (Å²) in [6.45, 7) is 7.24. The molecule has 0 aliphatic carbocycles. The molecule has 27 heavy (non-hydrogen) atoms. The highest BCUT2D eigenvalue weighted by molar-refractivity contribution is 5.93. The zero-order valence-electron chi connectivity index (χ0n) is 15.8. The highest BCUT2D eigenvalue weighted by Crippen LogP contribution is 2.17. The molecule has 0 radical (unpaired) electrons. The van der Waals surface area contributed by atoms with Gasteiger partial charge in [0.1, 0.15) is 17.8 Å². The molecule has 2 aromatic rings. The van der Waals surface area contributed by atoms with Crippen LogP contribution in [-0.2, 0) is 11.3 Å². The fourth-order valence-electron chi connectivity index (χ4n) is 3.11. The van der Waals surface area contributed by atoms with Gasteiger partial charge in [-0.2, -0.15) is 0 Å². The van der Waals surface area contributed by atoms with Gasteiger partial charge >= 0.3 is 0 Å². The van der Waals surface area contributed by atoms with Crippen molar-refractivity contribution >= 4 is 18.1 Å². The molecule has 2 heterocycles. The lowest BCUT2D eigenvalue weighted by atomic mass is 10.1. The van der Waals surface area contributed by atoms with Crippen LogP contribution in [0.3, 0.4) is 0 Å². The molecule has 1 aliphatic heterocycles. The van der Waals surface area contributed by atoms with Crippen LogP contribution in [0.25, 0.3) is 0 Å². The molecule has 0 atom stereocenters. The first-order valence-corrected chi connectivity index (χ1v) is 9.19. The summed E-state index contributed by atoms with van der Waals surface area (Å²) in [7, 11) is 0. The van der Waals surface area contributed by atoms with Crippen LogP contribution in [0.1, 0.15) is 29.9 Å². The Morgan fingerprint density at radius 1 is 1.15 bits per heavy atom. The molecule has 1 aromatic carbocycles. The van der Waals surface area contributed by atoms with E-state index in [1.807, 2.05) is 49.1 Å². The molecule has 142 valence electrons. The maximum Gasteiger partial charge on any atom is 0.273 e. The number of carbonyl (C=O) groups is 2. The van der Waals surface area contributed by atoms with Gasteiger partial charge in [-0.1, -0.05) is 30.3 Å². The van der Waals surface area contributed by atoms with Crippen LogP contribution in [0.15, 0.2) is 42.7 Å². The normalized spacial score (nSPS) is 14.3. The largest absolute Gasteiger partial charge is 0.353 e. The van der Waals surface area contributed by atoms with Gasteiger partial charge in [-0.05, 0) is 19.4 Å². The van der Waals surface area contributed by atoms with Crippen LogP contribution in [0.2, 0.25) is 0 Å². The minimum absolute atomic E-state index is 0.0484. The SMILES string of the molecule is CC(C)N(Cc1ccccc1)C(=O)c1cc(N2CCN(C=O)CC2)ncn1. The maximum absolute atomic E-state index is 13.1. The van der Waals surface area contributed by atoms with Crippen molar-refractivity contribution in [1.82, 2.24) is 19.8 Å². The molecule has 0 unspecified atom stereocenters. The van der Waals surface area contributed by atoms with E-state index in [-0.39, 0.29) is 11.9 Å². The molecule has 2 amide bonds. The predicted molar refractivity (Wildman–Crippen MR) is 103 cm³/mol. The van der Waals surface area contributed by atoms with Gasteiger partial charge in [0.05, 0.1) is 0 Å². The number of amides is 2. The number of anilines is 1. The third-order valence-corrected chi connectivity index (χ3v) is 4.74. The van der Waals surface area contributed by atoms with Gasteiger partial charge in [-0.25, -0.2) is 9.97 Å². The first-order chi connectivity index (χ1) is 13.1. The summed E-state index contributed by atoms with van der Waals surface area (Å²) in [5, 5.41) is 0. The fraction of sp³-hybridized carbons (Fsp3) is 0.400. The van der Waals surface area contributed by atoms with Crippen molar-refractivity contribution in [3.05, 3.63) is 54.0 Å². The van der Waals surface area contributed by atoms with Crippen molar-refractivity contribution in [1.29, 1.82) is 0 Å². The Kier molecular flexibility index (Phi) is 6.01. The van der Waals surface area contributed by atoms with Crippen molar-refractivity contribution in [3.63, 3.8) is 0 Å². The van der Waals surface area contributed by atoms with Crippen molar-refractivity contribution in [2.24, 2.45) is 0 Å². The van der Waals surface area contributed by atoms with Crippen molar-refractivity contribution in [3.8, 4) is 0 Å². The molecular formula is C20H25N5O2. The molecule has 0 bridgehead atoms. The number of hydrogen-bond acceptors (Lipinski definition) is 5. The number of rotatable bonds is 6. The Morgan fingerprint density at radius 2 is 1.85 bits per heavy atom. The third kappa shape index (κ3) is 4.61. The van der Waals surface area contributed by atoms with Crippen molar-refractivity contribution < 1.29 is 9.59 Å². The van der Waals surface area contributed by atoms with E-state index < -0.39 is 0 Å². The Hall–Kier alpha value is -2.96. The summed E-state index contributed by atoms with van der Waals surface area (Å²) in [5.41, 5.74) is 1.47. The molecule has 0 saturated carbocycles. The minimum atomic E-state index is -0.107. The van der Waals surface area contributed by atoms with Crippen LogP contribution < -0.4 is 4.90 Å². The Morgan fingerprint density at radius 3 is 2.48 bits per heavy atom. The van der Waals surface area contributed by atoms with Gasteiger partial charge in [-0.15, -0.1) is 0 Å². The number of nitrogens with zero attached hydrogens (tertiary/aromatic N) is 5. The number of aromatic nitrogens is 2. The molecule has 0 N–H and O–H groups in total. The lowest BCUT2D eigenvalue weighted by Crippen LogP contribution is -2.46. The van der Waals surface area contributed by atoms with Gasteiger partial charge < -0.3 is 14.7 Å². The summed E-state index contributed by atoms with van der Waals surface area (Å²) >= 11 is 0. The van der Waals surface area contributed by atoms with E-state index in [1.165, 1.54) is 6.33 Å². The lowest BCUT2D eigenvalue weighted by Gasteiger charge is -2.33. The highest BCUT2D eigenvalue weighted by atomic mass is 16.2. The Balaban J connectivity index is 1.76. The van der Waals surface area contributed by atoms with Gasteiger partial charge in [-0.3, -0.25) is 9.59 Å². The van der Waals surface area contributed by atoms with E-state index in [2.05, 4.69) is 14.9 Å². The zero-order chi connectivity index (χ0) is 19.2. The average Bonchev–Trinajstić information content (AvgIpc) is 2.72. The molecular weight excluding hydrogens is 342 g/mol. The maximum atomic E-state index is 13.1. The highest BCUT2D eigenvalue weighted by Gasteiger charge is 2.23. The second-order valence-electron chi connectivity index (χ2n) is 6.90. The Labute approximate surface area is 159 Å². The summed E-state index contributed by atoms with van der Waals surface area (Å²) < 4.78 is 0. The van der Waals surface area contributed by atoms with Gasteiger partial charge in [0, 0.05) is 44.8 Å². The summed E-state index contributed by atoms with van der Waals surface area (Å²) in [4.78, 5) is 38.1. The zero-order valence-corrected chi connectivity index (χ0v) is 15.8. The minimum Gasteiger partial charge on any atom is -0.353 e. The molecule has 1 aromatic heterocycles. The van der Waals surface area contributed by atoms with Gasteiger partial charge in [0.2, 0.25) is 6.41 Å². The van der Waals surface area contributed by atoms with Gasteiger partial charge in [0.15, 0.2) is 0 Å². The predicted octanol–water partition coefficient (Wildman–Crippen LogP) is 1.81. The van der Waals surface area contributed by atoms with E-state index >= 15 is 0 Å². The monoisotopic (exact) mass is 367 g/mol. The van der Waals surface area contributed by atoms with E-state index in [0.29, 0.717) is 38.4 Å². The van der Waals surface area contributed by atoms with Crippen LogP contribution in [0.4, 0.5) is 5.82 Å². The fourth-order valence-corrected chi connectivity index (χ4v) is 3.11. The first kappa shape index (κ1) is 18.8. The number of benzene rings is 1. The molecule has 7 nitrogen and oxygen atoms in total. The van der Waals surface area contributed by atoms with Crippen LogP contribution >= 0.6 is 0 Å².